The number of carbonyl (C=O) groups excluding carboxylic acids is 4. The fourth-order valence-corrected chi connectivity index (χ4v) is 7.39. The zero-order valence-corrected chi connectivity index (χ0v) is 24.6. The lowest BCUT2D eigenvalue weighted by molar-refractivity contribution is -0.138. The fourth-order valence-electron chi connectivity index (χ4n) is 6.53. The van der Waals surface area contributed by atoms with Gasteiger partial charge in [-0.25, -0.2) is 4.79 Å². The van der Waals surface area contributed by atoms with Crippen LogP contribution in [0.5, 0.6) is 5.06 Å². The summed E-state index contributed by atoms with van der Waals surface area (Å²) in [5, 5.41) is 3.18. The third-order valence-corrected chi connectivity index (χ3v) is 9.57. The van der Waals surface area contributed by atoms with Crippen molar-refractivity contribution in [3.05, 3.63) is 42.5 Å². The van der Waals surface area contributed by atoms with Crippen LogP contribution in [0, 0.1) is 11.8 Å². The van der Waals surface area contributed by atoms with E-state index in [1.807, 2.05) is 50.2 Å². The van der Waals surface area contributed by atoms with Crippen molar-refractivity contribution in [3.63, 3.8) is 0 Å². The predicted molar refractivity (Wildman–Crippen MR) is 157 cm³/mol. The second kappa shape index (κ2) is 12.7. The summed E-state index contributed by atoms with van der Waals surface area (Å²) in [4.78, 5) is 57.4. The van der Waals surface area contributed by atoms with Gasteiger partial charge in [0.05, 0.1) is 18.6 Å². The number of rotatable bonds is 8. The number of nitrogens with zero attached hydrogens (tertiary/aromatic N) is 2. The van der Waals surface area contributed by atoms with Gasteiger partial charge in [0, 0.05) is 11.4 Å². The molecule has 5 rings (SSSR count). The van der Waals surface area contributed by atoms with Crippen LogP contribution in [0.4, 0.5) is 4.79 Å². The van der Waals surface area contributed by atoms with Crippen molar-refractivity contribution >= 4 is 35.0 Å². The Morgan fingerprint density at radius 3 is 2.44 bits per heavy atom. The lowest BCUT2D eigenvalue weighted by Gasteiger charge is -2.32. The molecule has 1 aromatic carbocycles. The Morgan fingerprint density at radius 1 is 1.00 bits per heavy atom. The van der Waals surface area contributed by atoms with E-state index in [-0.39, 0.29) is 42.0 Å². The first-order valence-corrected chi connectivity index (χ1v) is 15.6. The number of fused-ring (bicyclic) bond motifs is 1. The third-order valence-electron chi connectivity index (χ3n) is 8.56. The smallest absolute Gasteiger partial charge is 0.399 e. The number of thiophene rings is 1. The molecule has 2 aromatic rings. The van der Waals surface area contributed by atoms with Gasteiger partial charge in [0.1, 0.15) is 12.1 Å². The Kier molecular flexibility index (Phi) is 9.09. The summed E-state index contributed by atoms with van der Waals surface area (Å²) in [6.45, 7) is 4.27. The van der Waals surface area contributed by atoms with Gasteiger partial charge in [-0.2, -0.15) is 0 Å². The minimum absolute atomic E-state index is 0.0230. The molecule has 0 spiro atoms. The van der Waals surface area contributed by atoms with Crippen LogP contribution >= 0.6 is 11.3 Å². The molecule has 4 atom stereocenters. The normalized spacial score (nSPS) is 22.5. The molecule has 2 saturated heterocycles. The molecule has 3 aliphatic rings. The second-order valence-corrected chi connectivity index (χ2v) is 12.9. The van der Waals surface area contributed by atoms with Crippen LogP contribution in [0.2, 0.25) is 0 Å². The van der Waals surface area contributed by atoms with Crippen molar-refractivity contribution in [2.75, 3.05) is 13.1 Å². The van der Waals surface area contributed by atoms with Gasteiger partial charge in [-0.3, -0.25) is 14.4 Å². The number of amides is 3. The van der Waals surface area contributed by atoms with Crippen LogP contribution in [0.25, 0.3) is 10.4 Å². The monoisotopic (exact) mass is 580 g/mol. The van der Waals surface area contributed by atoms with Gasteiger partial charge >= 0.3 is 6.09 Å². The molecular formula is C31H40N4O5S. The summed E-state index contributed by atoms with van der Waals surface area (Å²) in [6, 6.07) is 10.9. The van der Waals surface area contributed by atoms with E-state index in [0.29, 0.717) is 24.4 Å². The number of hydrogen-bond donors (Lipinski definition) is 2. The highest BCUT2D eigenvalue weighted by Gasteiger charge is 2.53. The molecule has 3 amide bonds. The summed E-state index contributed by atoms with van der Waals surface area (Å²) in [5.41, 5.74) is 7.43. The summed E-state index contributed by atoms with van der Waals surface area (Å²) >= 11 is 1.35. The standard InChI is InChI=1S/C31H40N4O5S/c1-19(2)17-22(33-31(39)40-26-14-13-25(41-26)20-9-5-3-6-10-20)29(37)34-16-15-23-28(34)24(36)18-35(23)30(38)27(32)21-11-7-4-8-12-21/h3,5-6,9-10,13-14,19,21-23,27-28H,4,7-8,11-12,15-18,32H2,1-2H3,(H,33,39). The largest absolute Gasteiger partial charge is 0.414 e. The summed E-state index contributed by atoms with van der Waals surface area (Å²) in [7, 11) is 0. The van der Waals surface area contributed by atoms with Crippen molar-refractivity contribution in [2.45, 2.75) is 83.0 Å². The number of carbonyl (C=O) groups is 4. The molecule has 0 radical (unpaired) electrons. The van der Waals surface area contributed by atoms with Gasteiger partial charge in [-0.15, -0.1) is 0 Å². The first kappa shape index (κ1) is 29.3. The predicted octanol–water partition coefficient (Wildman–Crippen LogP) is 4.21. The number of benzene rings is 1. The van der Waals surface area contributed by atoms with Crippen molar-refractivity contribution < 1.29 is 23.9 Å². The van der Waals surface area contributed by atoms with E-state index in [1.54, 1.807) is 15.9 Å². The van der Waals surface area contributed by atoms with Gasteiger partial charge in [-0.05, 0) is 55.2 Å². The summed E-state index contributed by atoms with van der Waals surface area (Å²) in [6.07, 6.45) is 5.39. The molecule has 1 aromatic heterocycles. The van der Waals surface area contributed by atoms with E-state index in [2.05, 4.69) is 5.32 Å². The van der Waals surface area contributed by atoms with Crippen molar-refractivity contribution in [1.29, 1.82) is 0 Å². The minimum Gasteiger partial charge on any atom is -0.399 e. The average Bonchev–Trinajstić information content (AvgIpc) is 3.69. The highest BCUT2D eigenvalue weighted by atomic mass is 32.1. The van der Waals surface area contributed by atoms with Crippen molar-refractivity contribution in [3.8, 4) is 15.5 Å². The van der Waals surface area contributed by atoms with E-state index >= 15 is 0 Å². The van der Waals surface area contributed by atoms with Gasteiger partial charge in [-0.1, -0.05) is 74.8 Å². The molecule has 41 heavy (non-hydrogen) atoms. The Bertz CT molecular complexity index is 1260. The highest BCUT2D eigenvalue weighted by Crippen LogP contribution is 2.34. The SMILES string of the molecule is CC(C)CC(NC(=O)Oc1ccc(-c2ccccc2)s1)C(=O)N1CCC2C1C(=O)CN2C(=O)C(N)C1CCCCC1. The highest BCUT2D eigenvalue weighted by molar-refractivity contribution is 7.17. The lowest BCUT2D eigenvalue weighted by Crippen LogP contribution is -2.54. The maximum Gasteiger partial charge on any atom is 0.414 e. The molecule has 3 heterocycles. The summed E-state index contributed by atoms with van der Waals surface area (Å²) < 4.78 is 5.55. The Balaban J connectivity index is 1.23. The Morgan fingerprint density at radius 2 is 1.73 bits per heavy atom. The van der Waals surface area contributed by atoms with E-state index < -0.39 is 24.2 Å². The van der Waals surface area contributed by atoms with Gasteiger partial charge < -0.3 is 25.6 Å². The van der Waals surface area contributed by atoms with E-state index in [9.17, 15) is 19.2 Å². The molecular weight excluding hydrogens is 540 g/mol. The van der Waals surface area contributed by atoms with Gasteiger partial charge in [0.2, 0.25) is 11.8 Å². The molecule has 3 N–H and O–H groups in total. The molecule has 2 aliphatic heterocycles. The molecule has 10 heteroatoms. The average molecular weight is 581 g/mol. The number of nitrogens with one attached hydrogen (secondary N) is 1. The number of ether oxygens (including phenoxy) is 1. The molecule has 1 saturated carbocycles. The van der Waals surface area contributed by atoms with Crippen LogP contribution in [-0.2, 0) is 14.4 Å². The van der Waals surface area contributed by atoms with Gasteiger partial charge in [0.25, 0.3) is 0 Å². The first-order chi connectivity index (χ1) is 19.7. The van der Waals surface area contributed by atoms with Crippen LogP contribution < -0.4 is 15.8 Å². The zero-order chi connectivity index (χ0) is 29.1. The topological polar surface area (TPSA) is 122 Å². The number of likely N-dealkylation sites (tertiary alicyclic amines) is 2. The maximum absolute atomic E-state index is 13.8. The van der Waals surface area contributed by atoms with Crippen LogP contribution in [0.15, 0.2) is 42.5 Å². The number of nitrogens with two attached hydrogens (primary N) is 1. The Labute approximate surface area is 245 Å². The van der Waals surface area contributed by atoms with Crippen molar-refractivity contribution in [2.24, 2.45) is 17.6 Å². The van der Waals surface area contributed by atoms with Crippen LogP contribution in [0.3, 0.4) is 0 Å². The van der Waals surface area contributed by atoms with Crippen molar-refractivity contribution in [1.82, 2.24) is 15.1 Å². The quantitative estimate of drug-likeness (QED) is 0.483. The van der Waals surface area contributed by atoms with Crippen LogP contribution in [0.1, 0.15) is 58.8 Å². The maximum atomic E-state index is 13.8. The summed E-state index contributed by atoms with van der Waals surface area (Å²) in [5.74, 6) is -0.401. The minimum atomic E-state index is -0.850. The van der Waals surface area contributed by atoms with E-state index in [1.165, 1.54) is 17.8 Å². The molecule has 9 nitrogen and oxygen atoms in total. The molecule has 0 bridgehead atoms. The molecule has 220 valence electrons. The van der Waals surface area contributed by atoms with Gasteiger partial charge in [0.15, 0.2) is 10.8 Å². The Hall–Kier alpha value is -3.24. The fraction of sp³-hybridized carbons (Fsp3) is 0.548. The number of ketones is 1. The van der Waals surface area contributed by atoms with Crippen LogP contribution in [-0.4, -0.2) is 70.7 Å². The molecule has 4 unspecified atom stereocenters. The van der Waals surface area contributed by atoms with E-state index in [4.69, 9.17) is 10.5 Å². The lowest BCUT2D eigenvalue weighted by atomic mass is 9.83. The first-order valence-electron chi connectivity index (χ1n) is 14.8. The second-order valence-electron chi connectivity index (χ2n) is 11.9. The molecule has 1 aliphatic carbocycles. The third kappa shape index (κ3) is 6.48. The number of hydrogen-bond acceptors (Lipinski definition) is 7. The molecule has 3 fully saturated rings. The number of Topliss-reactive ketones (excluding diaryl/α,β-unsaturated/α-hetero) is 1. The van der Waals surface area contributed by atoms with E-state index in [0.717, 1.165) is 36.1 Å². The zero-order valence-electron chi connectivity index (χ0n) is 23.8.